The van der Waals surface area contributed by atoms with Gasteiger partial charge < -0.3 is 4.42 Å². The van der Waals surface area contributed by atoms with E-state index in [1.165, 1.54) is 0 Å². The van der Waals surface area contributed by atoms with Crippen molar-refractivity contribution >= 4 is 11.1 Å². The van der Waals surface area contributed by atoms with Crippen LogP contribution in [0.5, 0.6) is 0 Å². The zero-order chi connectivity index (χ0) is 11.5. The summed E-state index contributed by atoms with van der Waals surface area (Å²) in [6.45, 7) is 4.90. The third kappa shape index (κ3) is 2.03. The molecule has 16 heavy (non-hydrogen) atoms. The van der Waals surface area contributed by atoms with Gasteiger partial charge in [0, 0.05) is 6.54 Å². The summed E-state index contributed by atoms with van der Waals surface area (Å²) >= 11 is 0. The summed E-state index contributed by atoms with van der Waals surface area (Å²) in [6, 6.07) is 5.88. The molecule has 0 aliphatic heterocycles. The lowest BCUT2D eigenvalue weighted by Crippen LogP contribution is -2.13. The van der Waals surface area contributed by atoms with Gasteiger partial charge in [0.2, 0.25) is 0 Å². The second-order valence-corrected chi connectivity index (χ2v) is 4.20. The van der Waals surface area contributed by atoms with Crippen LogP contribution in [0.25, 0.3) is 11.1 Å². The molecular formula is C13H17NO2. The summed E-state index contributed by atoms with van der Waals surface area (Å²) < 4.78 is 6.94. The molecule has 0 unspecified atom stereocenters. The Morgan fingerprint density at radius 3 is 2.88 bits per heavy atom. The van der Waals surface area contributed by atoms with Crippen LogP contribution >= 0.6 is 0 Å². The van der Waals surface area contributed by atoms with Crippen molar-refractivity contribution in [3.63, 3.8) is 0 Å². The van der Waals surface area contributed by atoms with Gasteiger partial charge in [0.25, 0.3) is 0 Å². The van der Waals surface area contributed by atoms with Crippen LogP contribution in [0.4, 0.5) is 0 Å². The van der Waals surface area contributed by atoms with Crippen LogP contribution < -0.4 is 5.76 Å². The first-order valence-corrected chi connectivity index (χ1v) is 5.82. The Morgan fingerprint density at radius 2 is 2.12 bits per heavy atom. The molecule has 1 aromatic heterocycles. The summed E-state index contributed by atoms with van der Waals surface area (Å²) in [5.74, 6) is -0.239. The molecule has 0 aliphatic rings. The number of aryl methyl sites for hydroxylation is 2. The topological polar surface area (TPSA) is 35.1 Å². The molecule has 3 nitrogen and oxygen atoms in total. The summed E-state index contributed by atoms with van der Waals surface area (Å²) in [7, 11) is 0. The third-order valence-corrected chi connectivity index (χ3v) is 2.81. The van der Waals surface area contributed by atoms with Gasteiger partial charge in [-0.15, -0.1) is 0 Å². The minimum atomic E-state index is -0.239. The highest BCUT2D eigenvalue weighted by atomic mass is 16.4. The van der Waals surface area contributed by atoms with E-state index >= 15 is 0 Å². The summed E-state index contributed by atoms with van der Waals surface area (Å²) in [5, 5.41) is 0. The molecule has 0 fully saturated rings. The molecule has 0 aliphatic carbocycles. The van der Waals surface area contributed by atoms with Gasteiger partial charge in [-0.2, -0.15) is 0 Å². The van der Waals surface area contributed by atoms with Gasteiger partial charge in [-0.1, -0.05) is 25.8 Å². The van der Waals surface area contributed by atoms with Crippen molar-refractivity contribution in [3.8, 4) is 0 Å². The van der Waals surface area contributed by atoms with E-state index in [9.17, 15) is 4.79 Å². The van der Waals surface area contributed by atoms with Gasteiger partial charge >= 0.3 is 5.76 Å². The first-order valence-electron chi connectivity index (χ1n) is 5.82. The number of oxazole rings is 1. The molecule has 0 atom stereocenters. The van der Waals surface area contributed by atoms with Crippen LogP contribution in [0.3, 0.4) is 0 Å². The predicted molar refractivity (Wildman–Crippen MR) is 64.7 cm³/mol. The predicted octanol–water partition coefficient (Wildman–Crippen LogP) is 3.09. The molecule has 2 rings (SSSR count). The van der Waals surface area contributed by atoms with E-state index in [4.69, 9.17) is 4.42 Å². The fraction of sp³-hybridized carbons (Fsp3) is 0.462. The van der Waals surface area contributed by atoms with E-state index in [0.29, 0.717) is 5.58 Å². The van der Waals surface area contributed by atoms with E-state index in [-0.39, 0.29) is 5.76 Å². The smallest absolute Gasteiger partial charge is 0.408 e. The molecule has 1 heterocycles. The lowest BCUT2D eigenvalue weighted by Gasteiger charge is -2.00. The fourth-order valence-electron chi connectivity index (χ4n) is 1.91. The van der Waals surface area contributed by atoms with Crippen LogP contribution in [0.15, 0.2) is 27.4 Å². The standard InChI is InChI=1S/C13H17NO2/c1-3-4-5-8-14-11-7-6-10(2)9-12(11)16-13(14)15/h6-7,9H,3-5,8H2,1-2H3. The van der Waals surface area contributed by atoms with E-state index in [1.807, 2.05) is 25.1 Å². The molecule has 0 spiro atoms. The number of unbranched alkanes of at least 4 members (excludes halogenated alkanes) is 2. The van der Waals surface area contributed by atoms with E-state index in [2.05, 4.69) is 6.92 Å². The number of fused-ring (bicyclic) bond motifs is 1. The second-order valence-electron chi connectivity index (χ2n) is 4.20. The average Bonchev–Trinajstić information content (AvgIpc) is 2.55. The third-order valence-electron chi connectivity index (χ3n) is 2.81. The van der Waals surface area contributed by atoms with Gasteiger partial charge in [0.05, 0.1) is 5.52 Å². The highest BCUT2D eigenvalue weighted by Crippen LogP contribution is 2.15. The van der Waals surface area contributed by atoms with Crippen LogP contribution in [0.2, 0.25) is 0 Å². The Balaban J connectivity index is 2.36. The largest absolute Gasteiger partial charge is 0.419 e. The minimum absolute atomic E-state index is 0.239. The van der Waals surface area contributed by atoms with Gasteiger partial charge in [-0.05, 0) is 31.0 Å². The molecule has 0 N–H and O–H groups in total. The Labute approximate surface area is 94.7 Å². The molecular weight excluding hydrogens is 202 g/mol. The summed E-state index contributed by atoms with van der Waals surface area (Å²) in [5.41, 5.74) is 2.72. The van der Waals surface area contributed by atoms with E-state index < -0.39 is 0 Å². The lowest BCUT2D eigenvalue weighted by atomic mass is 10.2. The fourth-order valence-corrected chi connectivity index (χ4v) is 1.91. The maximum absolute atomic E-state index is 11.6. The first kappa shape index (κ1) is 11.0. The molecule has 86 valence electrons. The SMILES string of the molecule is CCCCCn1c(=O)oc2cc(C)ccc21. The molecule has 3 heteroatoms. The maximum atomic E-state index is 11.6. The van der Waals surface area contributed by atoms with Crippen molar-refractivity contribution in [1.29, 1.82) is 0 Å². The van der Waals surface area contributed by atoms with Crippen LogP contribution in [0.1, 0.15) is 31.7 Å². The molecule has 2 aromatic rings. The summed E-state index contributed by atoms with van der Waals surface area (Å²) in [6.07, 6.45) is 3.33. The summed E-state index contributed by atoms with van der Waals surface area (Å²) in [4.78, 5) is 11.6. The Kier molecular flexibility index (Phi) is 3.13. The highest BCUT2D eigenvalue weighted by Gasteiger charge is 2.08. The molecule has 0 saturated heterocycles. The normalized spacial score (nSPS) is 11.1. The van der Waals surface area contributed by atoms with Crippen molar-refractivity contribution in [2.45, 2.75) is 39.7 Å². The average molecular weight is 219 g/mol. The van der Waals surface area contributed by atoms with Crippen molar-refractivity contribution in [2.75, 3.05) is 0 Å². The zero-order valence-corrected chi connectivity index (χ0v) is 9.82. The molecule has 0 saturated carbocycles. The van der Waals surface area contributed by atoms with Crippen molar-refractivity contribution < 1.29 is 4.42 Å². The quantitative estimate of drug-likeness (QED) is 0.741. The van der Waals surface area contributed by atoms with Crippen molar-refractivity contribution in [3.05, 3.63) is 34.3 Å². The van der Waals surface area contributed by atoms with Gasteiger partial charge in [0.1, 0.15) is 0 Å². The van der Waals surface area contributed by atoms with Gasteiger partial charge in [0.15, 0.2) is 5.58 Å². The molecule has 0 amide bonds. The number of hydrogen-bond acceptors (Lipinski definition) is 2. The molecule has 0 bridgehead atoms. The van der Waals surface area contributed by atoms with Gasteiger partial charge in [-0.3, -0.25) is 4.57 Å². The van der Waals surface area contributed by atoms with E-state index in [1.54, 1.807) is 4.57 Å². The first-order chi connectivity index (χ1) is 7.72. The zero-order valence-electron chi connectivity index (χ0n) is 9.82. The maximum Gasteiger partial charge on any atom is 0.419 e. The minimum Gasteiger partial charge on any atom is -0.408 e. The van der Waals surface area contributed by atoms with Crippen LogP contribution in [-0.2, 0) is 6.54 Å². The molecule has 1 aromatic carbocycles. The van der Waals surface area contributed by atoms with Gasteiger partial charge in [-0.25, -0.2) is 4.79 Å². The number of hydrogen-bond donors (Lipinski definition) is 0. The number of aromatic nitrogens is 1. The highest BCUT2D eigenvalue weighted by molar-refractivity contribution is 5.73. The van der Waals surface area contributed by atoms with Crippen LogP contribution in [0, 0.1) is 6.92 Å². The Hall–Kier alpha value is -1.51. The molecule has 0 radical (unpaired) electrons. The number of rotatable bonds is 4. The Morgan fingerprint density at radius 1 is 1.31 bits per heavy atom. The monoisotopic (exact) mass is 219 g/mol. The number of benzene rings is 1. The Bertz CT molecular complexity index is 536. The number of nitrogens with zero attached hydrogens (tertiary/aromatic N) is 1. The lowest BCUT2D eigenvalue weighted by molar-refractivity contribution is 0.491. The van der Waals surface area contributed by atoms with Crippen LogP contribution in [-0.4, -0.2) is 4.57 Å². The van der Waals surface area contributed by atoms with Crippen molar-refractivity contribution in [1.82, 2.24) is 4.57 Å². The van der Waals surface area contributed by atoms with Crippen molar-refractivity contribution in [2.24, 2.45) is 0 Å². The second kappa shape index (κ2) is 4.56. The van der Waals surface area contributed by atoms with E-state index in [0.717, 1.165) is 36.9 Å².